The molecule has 0 heterocycles. The number of hydrogen-bond acceptors (Lipinski definition) is 3. The zero-order valence-electron chi connectivity index (χ0n) is 12.6. The summed E-state index contributed by atoms with van der Waals surface area (Å²) in [5, 5.41) is 3.44. The molecule has 0 aromatic heterocycles. The largest absolute Gasteiger partial charge is 0.343 e. The van der Waals surface area contributed by atoms with E-state index in [-0.39, 0.29) is 17.6 Å². The van der Waals surface area contributed by atoms with Crippen LogP contribution in [0.5, 0.6) is 0 Å². The first kappa shape index (κ1) is 17.9. The molecule has 0 saturated carbocycles. The maximum absolute atomic E-state index is 11.9. The molecule has 0 aliphatic carbocycles. The second kappa shape index (κ2) is 8.95. The predicted molar refractivity (Wildman–Crippen MR) is 90.1 cm³/mol. The van der Waals surface area contributed by atoms with Crippen molar-refractivity contribution in [3.63, 3.8) is 0 Å². The molecule has 116 valence electrons. The Morgan fingerprint density at radius 1 is 1.24 bits per heavy atom. The van der Waals surface area contributed by atoms with Gasteiger partial charge >= 0.3 is 0 Å². The average Bonchev–Trinajstić information content (AvgIpc) is 2.45. The molecule has 0 saturated heterocycles. The molecule has 1 N–H and O–H groups in total. The van der Waals surface area contributed by atoms with Gasteiger partial charge in [-0.05, 0) is 38.5 Å². The van der Waals surface area contributed by atoms with Crippen molar-refractivity contribution in [1.29, 1.82) is 0 Å². The monoisotopic (exact) mass is 328 g/mol. The van der Waals surface area contributed by atoms with Crippen LogP contribution in [0.15, 0.2) is 18.2 Å². The van der Waals surface area contributed by atoms with E-state index in [0.29, 0.717) is 29.6 Å². The molecule has 0 atom stereocenters. The summed E-state index contributed by atoms with van der Waals surface area (Å²) in [4.78, 5) is 25.4. The van der Waals surface area contributed by atoms with Crippen molar-refractivity contribution in [1.82, 2.24) is 4.90 Å². The van der Waals surface area contributed by atoms with Gasteiger partial charge in [0.05, 0.1) is 11.5 Å². The van der Waals surface area contributed by atoms with Crippen LogP contribution < -0.4 is 5.32 Å². The molecule has 0 aliphatic heterocycles. The molecule has 1 aromatic rings. The number of carbonyl (C=O) groups excluding carboxylic acids is 2. The van der Waals surface area contributed by atoms with Crippen molar-refractivity contribution in [3.05, 3.63) is 28.8 Å². The van der Waals surface area contributed by atoms with Crippen LogP contribution in [0, 0.1) is 6.92 Å². The van der Waals surface area contributed by atoms with E-state index in [1.807, 2.05) is 26.8 Å². The highest BCUT2D eigenvalue weighted by Gasteiger charge is 2.11. The minimum atomic E-state index is -0.127. The first-order valence-corrected chi connectivity index (χ1v) is 8.43. The predicted octanol–water partition coefficient (Wildman–Crippen LogP) is 3.19. The van der Waals surface area contributed by atoms with Crippen LogP contribution in [0.25, 0.3) is 0 Å². The van der Waals surface area contributed by atoms with Gasteiger partial charge in [-0.3, -0.25) is 9.59 Å². The van der Waals surface area contributed by atoms with Crippen LogP contribution in [0.2, 0.25) is 5.02 Å². The van der Waals surface area contributed by atoms with Gasteiger partial charge < -0.3 is 10.2 Å². The highest BCUT2D eigenvalue weighted by atomic mass is 35.5. The molecule has 2 amide bonds. The van der Waals surface area contributed by atoms with Gasteiger partial charge in [0, 0.05) is 23.8 Å². The van der Waals surface area contributed by atoms with Crippen LogP contribution in [-0.4, -0.2) is 41.3 Å². The first-order valence-electron chi connectivity index (χ1n) is 6.90. The minimum absolute atomic E-state index is 0.0664. The number of amides is 2. The number of carbonyl (C=O) groups is 2. The third kappa shape index (κ3) is 5.59. The summed E-state index contributed by atoms with van der Waals surface area (Å²) in [5.74, 6) is 0.511. The van der Waals surface area contributed by atoms with Gasteiger partial charge in [0.1, 0.15) is 0 Å². The van der Waals surface area contributed by atoms with Crippen LogP contribution >= 0.6 is 23.4 Å². The highest BCUT2D eigenvalue weighted by molar-refractivity contribution is 8.00. The van der Waals surface area contributed by atoms with Crippen LogP contribution in [0.1, 0.15) is 19.4 Å². The maximum atomic E-state index is 11.9. The van der Waals surface area contributed by atoms with Gasteiger partial charge in [0.15, 0.2) is 0 Å². The summed E-state index contributed by atoms with van der Waals surface area (Å²) in [7, 11) is 0. The molecule has 0 unspecified atom stereocenters. The van der Waals surface area contributed by atoms with Crippen molar-refractivity contribution in [3.8, 4) is 0 Å². The third-order valence-corrected chi connectivity index (χ3v) is 4.44. The number of anilines is 1. The fourth-order valence-electron chi connectivity index (χ4n) is 1.83. The van der Waals surface area contributed by atoms with Gasteiger partial charge in [-0.15, -0.1) is 11.8 Å². The number of rotatable bonds is 7. The lowest BCUT2D eigenvalue weighted by molar-refractivity contribution is -0.127. The van der Waals surface area contributed by atoms with E-state index < -0.39 is 0 Å². The van der Waals surface area contributed by atoms with Gasteiger partial charge in [-0.25, -0.2) is 0 Å². The Balaban J connectivity index is 2.41. The molecule has 21 heavy (non-hydrogen) atoms. The Morgan fingerprint density at radius 2 is 1.90 bits per heavy atom. The van der Waals surface area contributed by atoms with Gasteiger partial charge in [-0.2, -0.15) is 0 Å². The number of nitrogens with zero attached hydrogens (tertiary/aromatic N) is 1. The van der Waals surface area contributed by atoms with Crippen molar-refractivity contribution in [2.24, 2.45) is 0 Å². The SMILES string of the molecule is CCN(CC)C(=O)CSCC(=O)Nc1cccc(Cl)c1C. The highest BCUT2D eigenvalue weighted by Crippen LogP contribution is 2.23. The molecule has 0 radical (unpaired) electrons. The molecule has 1 rings (SSSR count). The Bertz CT molecular complexity index is 504. The molecule has 0 bridgehead atoms. The van der Waals surface area contributed by atoms with E-state index in [4.69, 9.17) is 11.6 Å². The van der Waals surface area contributed by atoms with Crippen molar-refractivity contribution < 1.29 is 9.59 Å². The zero-order chi connectivity index (χ0) is 15.8. The molecule has 1 aromatic carbocycles. The van der Waals surface area contributed by atoms with Crippen molar-refractivity contribution in [2.75, 3.05) is 29.9 Å². The molecular formula is C15H21ClN2O2S. The fourth-order valence-corrected chi connectivity index (χ4v) is 2.72. The van der Waals surface area contributed by atoms with Crippen LogP contribution in [0.3, 0.4) is 0 Å². The van der Waals surface area contributed by atoms with Crippen molar-refractivity contribution in [2.45, 2.75) is 20.8 Å². The van der Waals surface area contributed by atoms with Crippen molar-refractivity contribution >= 4 is 40.9 Å². The number of nitrogens with one attached hydrogen (secondary N) is 1. The second-order valence-corrected chi connectivity index (χ2v) is 5.91. The Morgan fingerprint density at radius 3 is 2.52 bits per heavy atom. The Hall–Kier alpha value is -1.20. The molecule has 0 spiro atoms. The number of hydrogen-bond donors (Lipinski definition) is 1. The number of benzene rings is 1. The third-order valence-electron chi connectivity index (χ3n) is 3.12. The number of thioether (sulfide) groups is 1. The quantitative estimate of drug-likeness (QED) is 0.836. The molecule has 6 heteroatoms. The van der Waals surface area contributed by atoms with E-state index in [2.05, 4.69) is 5.32 Å². The lowest BCUT2D eigenvalue weighted by Crippen LogP contribution is -2.32. The number of halogens is 1. The lowest BCUT2D eigenvalue weighted by Gasteiger charge is -2.18. The summed E-state index contributed by atoms with van der Waals surface area (Å²) in [5.41, 5.74) is 1.56. The molecule has 0 aliphatic rings. The Kier molecular flexibility index (Phi) is 7.61. The first-order chi connectivity index (χ1) is 9.99. The molecule has 0 fully saturated rings. The fraction of sp³-hybridized carbons (Fsp3) is 0.467. The van der Waals surface area contributed by atoms with Crippen LogP contribution in [0.4, 0.5) is 5.69 Å². The van der Waals surface area contributed by atoms with E-state index >= 15 is 0 Å². The second-order valence-electron chi connectivity index (χ2n) is 4.52. The maximum Gasteiger partial charge on any atom is 0.234 e. The van der Waals surface area contributed by atoms with Crippen LogP contribution in [-0.2, 0) is 9.59 Å². The zero-order valence-corrected chi connectivity index (χ0v) is 14.2. The van der Waals surface area contributed by atoms with E-state index in [1.54, 1.807) is 17.0 Å². The minimum Gasteiger partial charge on any atom is -0.343 e. The van der Waals surface area contributed by atoms with Gasteiger partial charge in [-0.1, -0.05) is 17.7 Å². The smallest absolute Gasteiger partial charge is 0.234 e. The lowest BCUT2D eigenvalue weighted by atomic mass is 10.2. The van der Waals surface area contributed by atoms with E-state index in [1.165, 1.54) is 11.8 Å². The standard InChI is InChI=1S/C15H21ClN2O2S/c1-4-18(5-2)15(20)10-21-9-14(19)17-13-8-6-7-12(16)11(13)3/h6-8H,4-5,9-10H2,1-3H3,(H,17,19). The summed E-state index contributed by atoms with van der Waals surface area (Å²) in [6.45, 7) is 7.14. The normalized spacial score (nSPS) is 10.3. The molecular weight excluding hydrogens is 308 g/mol. The van der Waals surface area contributed by atoms with E-state index in [9.17, 15) is 9.59 Å². The summed E-state index contributed by atoms with van der Waals surface area (Å²) in [6, 6.07) is 5.39. The summed E-state index contributed by atoms with van der Waals surface area (Å²) < 4.78 is 0. The van der Waals surface area contributed by atoms with E-state index in [0.717, 1.165) is 5.56 Å². The Labute approximate surface area is 135 Å². The average molecular weight is 329 g/mol. The molecule has 4 nitrogen and oxygen atoms in total. The summed E-state index contributed by atoms with van der Waals surface area (Å²) >= 11 is 7.32. The van der Waals surface area contributed by atoms with Gasteiger partial charge in [0.2, 0.25) is 11.8 Å². The topological polar surface area (TPSA) is 49.4 Å². The van der Waals surface area contributed by atoms with Gasteiger partial charge in [0.25, 0.3) is 0 Å². The summed E-state index contributed by atoms with van der Waals surface area (Å²) in [6.07, 6.45) is 0.